The maximum absolute atomic E-state index is 7.13. The van der Waals surface area contributed by atoms with E-state index in [0.29, 0.717) is 0 Å². The number of thiocarbonyl (C=S) groups is 1. The minimum absolute atomic E-state index is 0. The van der Waals surface area contributed by atoms with Crippen LogP contribution in [0.15, 0.2) is 206 Å². The van der Waals surface area contributed by atoms with E-state index >= 15 is 0 Å². The van der Waals surface area contributed by atoms with Gasteiger partial charge in [-0.1, -0.05) is 219 Å². The Morgan fingerprint density at radius 2 is 0.511 bits per heavy atom. The van der Waals surface area contributed by atoms with E-state index in [1.165, 1.54) is 37.0 Å². The van der Waals surface area contributed by atoms with Crippen molar-refractivity contribution in [3.05, 3.63) is 218 Å². The summed E-state index contributed by atoms with van der Waals surface area (Å²) in [5.74, 6) is 0. The molecule has 0 saturated carbocycles. The zero-order valence-electron chi connectivity index (χ0n) is 25.8. The van der Waals surface area contributed by atoms with Gasteiger partial charge in [-0.05, 0) is 47.7 Å². The molecule has 6 aromatic carbocycles. The van der Waals surface area contributed by atoms with Crippen LogP contribution < -0.4 is 31.8 Å². The van der Waals surface area contributed by atoms with E-state index in [9.17, 15) is 0 Å². The molecule has 1 nitrogen and oxygen atoms in total. The molecular formula is C42H35NP2RuS. The largest absolute Gasteiger partial charge is 1.00 e. The fraction of sp³-hybridized carbons (Fsp3) is 0. The number of hydrogen-bond acceptors (Lipinski definition) is 1. The molecule has 0 heterocycles. The van der Waals surface area contributed by atoms with Crippen molar-refractivity contribution in [2.24, 2.45) is 0 Å². The Bertz CT molecular complexity index is 1450. The third-order valence-electron chi connectivity index (χ3n) is 6.64. The number of allylic oxidation sites excluding steroid dienone is 4. The Morgan fingerprint density at radius 3 is 0.638 bits per heavy atom. The van der Waals surface area contributed by atoms with Gasteiger partial charge in [0.05, 0.1) is 0 Å². The van der Waals surface area contributed by atoms with Crippen molar-refractivity contribution in [1.29, 1.82) is 0 Å². The summed E-state index contributed by atoms with van der Waals surface area (Å²) in [6.07, 6.45) is 10.0. The second-order valence-electron chi connectivity index (χ2n) is 9.74. The SMILES string of the molecule is [CH]1C=CC=C1.[N-]=C=S.[Ru+].c1ccc(P(c2ccccc2)c2ccccc2)cc1.c1ccc(P(c2ccccc2)c2ccccc2)cc1. The molecule has 1 aliphatic carbocycles. The van der Waals surface area contributed by atoms with Crippen molar-refractivity contribution in [2.75, 3.05) is 0 Å². The molecule has 0 spiro atoms. The van der Waals surface area contributed by atoms with Crippen LogP contribution >= 0.6 is 28.1 Å². The van der Waals surface area contributed by atoms with E-state index in [4.69, 9.17) is 5.41 Å². The van der Waals surface area contributed by atoms with Gasteiger partial charge in [0.2, 0.25) is 0 Å². The monoisotopic (exact) mass is 749 g/mol. The smallest absolute Gasteiger partial charge is 0.753 e. The van der Waals surface area contributed by atoms with Gasteiger partial charge in [0.25, 0.3) is 0 Å². The molecule has 5 heteroatoms. The molecule has 232 valence electrons. The Hall–Kier alpha value is -3.92. The second kappa shape index (κ2) is 22.6. The van der Waals surface area contributed by atoms with Crippen LogP contribution in [0.4, 0.5) is 0 Å². The maximum Gasteiger partial charge on any atom is 1.00 e. The molecule has 0 saturated heterocycles. The van der Waals surface area contributed by atoms with Crippen LogP contribution in [-0.4, -0.2) is 5.16 Å². The summed E-state index contributed by atoms with van der Waals surface area (Å²) >= 11 is 3.70. The van der Waals surface area contributed by atoms with E-state index in [1.54, 1.807) is 0 Å². The fourth-order valence-electron chi connectivity index (χ4n) is 4.68. The fourth-order valence-corrected chi connectivity index (χ4v) is 9.29. The van der Waals surface area contributed by atoms with Gasteiger partial charge in [-0.25, -0.2) is 0 Å². The van der Waals surface area contributed by atoms with Crippen LogP contribution in [0.2, 0.25) is 0 Å². The van der Waals surface area contributed by atoms with Crippen LogP contribution in [0.3, 0.4) is 0 Å². The predicted molar refractivity (Wildman–Crippen MR) is 209 cm³/mol. The molecular weight excluding hydrogens is 714 g/mol. The van der Waals surface area contributed by atoms with Crippen LogP contribution in [-0.2, 0) is 19.5 Å². The first kappa shape index (κ1) is 37.5. The first-order valence-corrected chi connectivity index (χ1v) is 18.0. The van der Waals surface area contributed by atoms with Gasteiger partial charge in [-0.15, -0.1) is 0 Å². The van der Waals surface area contributed by atoms with Crippen LogP contribution in [0, 0.1) is 6.42 Å². The Labute approximate surface area is 300 Å². The van der Waals surface area contributed by atoms with Gasteiger partial charge in [-0.3, -0.25) is 0 Å². The predicted octanol–water partition coefficient (Wildman–Crippen LogP) is 8.86. The summed E-state index contributed by atoms with van der Waals surface area (Å²) in [7, 11) is -0.892. The van der Waals surface area contributed by atoms with Crippen molar-refractivity contribution < 1.29 is 19.5 Å². The molecule has 0 unspecified atom stereocenters. The molecule has 47 heavy (non-hydrogen) atoms. The van der Waals surface area contributed by atoms with Gasteiger partial charge < -0.3 is 5.41 Å². The first-order valence-electron chi connectivity index (χ1n) is 14.9. The topological polar surface area (TPSA) is 22.3 Å². The second-order valence-corrected chi connectivity index (χ2v) is 14.4. The van der Waals surface area contributed by atoms with E-state index < -0.39 is 15.8 Å². The molecule has 0 bridgehead atoms. The molecule has 0 aromatic heterocycles. The number of rotatable bonds is 6. The van der Waals surface area contributed by atoms with E-state index in [2.05, 4.69) is 194 Å². The van der Waals surface area contributed by atoms with Gasteiger partial charge >= 0.3 is 19.5 Å². The molecule has 6 aromatic rings. The first-order chi connectivity index (χ1) is 22.8. The molecule has 1 aliphatic rings. The summed E-state index contributed by atoms with van der Waals surface area (Å²) in [6.45, 7) is 0. The number of benzene rings is 6. The zero-order valence-corrected chi connectivity index (χ0v) is 30.2. The average molecular weight is 749 g/mol. The van der Waals surface area contributed by atoms with E-state index in [0.717, 1.165) is 0 Å². The van der Waals surface area contributed by atoms with Crippen molar-refractivity contribution in [3.8, 4) is 0 Å². The Kier molecular flexibility index (Phi) is 18.0. The van der Waals surface area contributed by atoms with E-state index in [1.807, 2.05) is 30.7 Å². The number of hydrogen-bond donors (Lipinski definition) is 0. The van der Waals surface area contributed by atoms with Crippen molar-refractivity contribution >= 4 is 65.0 Å². The summed E-state index contributed by atoms with van der Waals surface area (Å²) in [6, 6.07) is 64.7. The van der Waals surface area contributed by atoms with Gasteiger partial charge in [-0.2, -0.15) is 5.16 Å². The van der Waals surface area contributed by atoms with Crippen LogP contribution in [0.25, 0.3) is 5.41 Å². The molecule has 0 aliphatic heterocycles. The minimum Gasteiger partial charge on any atom is -0.753 e. The minimum atomic E-state index is -0.446. The molecule has 7 rings (SSSR count). The average Bonchev–Trinajstić information content (AvgIpc) is 3.73. The third-order valence-corrected chi connectivity index (χ3v) is 11.5. The summed E-state index contributed by atoms with van der Waals surface area (Å²) in [4.78, 5) is 0. The van der Waals surface area contributed by atoms with Crippen molar-refractivity contribution in [1.82, 2.24) is 0 Å². The van der Waals surface area contributed by atoms with E-state index in [-0.39, 0.29) is 19.5 Å². The molecule has 0 N–H and O–H groups in total. The normalized spacial score (nSPS) is 10.6. The van der Waals surface area contributed by atoms with Crippen LogP contribution in [0.1, 0.15) is 0 Å². The zero-order chi connectivity index (χ0) is 32.1. The van der Waals surface area contributed by atoms with Gasteiger partial charge in [0, 0.05) is 6.42 Å². The molecule has 0 amide bonds. The molecule has 0 atom stereocenters. The van der Waals surface area contributed by atoms with Crippen molar-refractivity contribution in [3.63, 3.8) is 0 Å². The van der Waals surface area contributed by atoms with Gasteiger partial charge in [0.1, 0.15) is 0 Å². The summed E-state index contributed by atoms with van der Waals surface area (Å²) < 4.78 is 0. The van der Waals surface area contributed by atoms with Gasteiger partial charge in [0.15, 0.2) is 0 Å². The number of isothiocyanates is 1. The third kappa shape index (κ3) is 12.7. The summed E-state index contributed by atoms with van der Waals surface area (Å²) in [5, 5.41) is 16.9. The Balaban J connectivity index is 0.000000204. The standard InChI is InChI=1S/2C18H15P.C5H5.CNS.Ru/c2*1-4-10-16(11-5-1)19(17-12-6-2-7-13-17)18-14-8-3-9-15-18;1-2-4-5-3-1;2-1-3;/h2*1-15H;1-5H;;/q;;;-1;+1. The summed E-state index contributed by atoms with van der Waals surface area (Å²) in [5.41, 5.74) is 0. The van der Waals surface area contributed by atoms with Crippen LogP contribution in [0.5, 0.6) is 0 Å². The maximum atomic E-state index is 7.13. The number of nitrogens with zero attached hydrogens (tertiary/aromatic N) is 1. The molecule has 2 radical (unpaired) electrons. The van der Waals surface area contributed by atoms with Crippen molar-refractivity contribution in [2.45, 2.75) is 0 Å². The molecule has 0 fully saturated rings. The quantitative estimate of drug-likeness (QED) is 0.0723. The Morgan fingerprint density at radius 1 is 0.340 bits per heavy atom.